The SMILES string of the molecule is COc1ccc(-c2ccc(=O)n(CC(=O)N(CC(C)C)[C@@H]3CCS(=O)(=O)C3)n2)cc1. The zero-order valence-corrected chi connectivity index (χ0v) is 18.3. The zero-order valence-electron chi connectivity index (χ0n) is 17.4. The van der Waals surface area contributed by atoms with Gasteiger partial charge in [-0.25, -0.2) is 13.1 Å². The molecule has 30 heavy (non-hydrogen) atoms. The van der Waals surface area contributed by atoms with Gasteiger partial charge in [-0.2, -0.15) is 5.10 Å². The van der Waals surface area contributed by atoms with Crippen LogP contribution in [0.5, 0.6) is 5.75 Å². The molecule has 1 saturated heterocycles. The molecular formula is C21H27N3O5S. The fourth-order valence-corrected chi connectivity index (χ4v) is 5.30. The maximum Gasteiger partial charge on any atom is 0.267 e. The van der Waals surface area contributed by atoms with Crippen molar-refractivity contribution < 1.29 is 17.9 Å². The van der Waals surface area contributed by atoms with Crippen LogP contribution < -0.4 is 10.3 Å². The number of aromatic nitrogens is 2. The number of hydrogen-bond acceptors (Lipinski definition) is 6. The van der Waals surface area contributed by atoms with Crippen molar-refractivity contribution in [2.45, 2.75) is 32.9 Å². The number of hydrogen-bond donors (Lipinski definition) is 0. The standard InChI is InChI=1S/C21H27N3O5S/c1-15(2)12-23(17-10-11-30(27,28)14-17)21(26)13-24-20(25)9-8-19(22-24)16-4-6-18(29-3)7-5-16/h4-9,15,17H,10-14H2,1-3H3/t17-/m1/s1. The number of ether oxygens (including phenoxy) is 1. The minimum atomic E-state index is -3.13. The topological polar surface area (TPSA) is 98.6 Å². The molecule has 1 aliphatic heterocycles. The van der Waals surface area contributed by atoms with Gasteiger partial charge in [0, 0.05) is 24.2 Å². The Morgan fingerprint density at radius 2 is 1.93 bits per heavy atom. The molecule has 0 unspecified atom stereocenters. The lowest BCUT2D eigenvalue weighted by molar-refractivity contribution is -0.134. The molecular weight excluding hydrogens is 406 g/mol. The molecule has 1 amide bonds. The van der Waals surface area contributed by atoms with Gasteiger partial charge in [0.1, 0.15) is 12.3 Å². The van der Waals surface area contributed by atoms with Crippen molar-refractivity contribution in [3.8, 4) is 17.0 Å². The molecule has 2 heterocycles. The van der Waals surface area contributed by atoms with E-state index >= 15 is 0 Å². The number of carbonyl (C=O) groups excluding carboxylic acids is 1. The molecule has 1 aliphatic rings. The van der Waals surface area contributed by atoms with Gasteiger partial charge in [0.25, 0.3) is 5.56 Å². The van der Waals surface area contributed by atoms with E-state index in [1.807, 2.05) is 26.0 Å². The Balaban J connectivity index is 1.83. The van der Waals surface area contributed by atoms with Crippen molar-refractivity contribution in [3.05, 3.63) is 46.8 Å². The second kappa shape index (κ2) is 8.99. The molecule has 0 bridgehead atoms. The van der Waals surface area contributed by atoms with Crippen molar-refractivity contribution in [1.82, 2.24) is 14.7 Å². The Labute approximate surface area is 176 Å². The molecule has 8 nitrogen and oxygen atoms in total. The highest BCUT2D eigenvalue weighted by Gasteiger charge is 2.35. The van der Waals surface area contributed by atoms with Crippen molar-refractivity contribution >= 4 is 15.7 Å². The van der Waals surface area contributed by atoms with Gasteiger partial charge >= 0.3 is 0 Å². The Morgan fingerprint density at radius 1 is 1.23 bits per heavy atom. The molecule has 162 valence electrons. The Hall–Kier alpha value is -2.68. The summed E-state index contributed by atoms with van der Waals surface area (Å²) < 4.78 is 30.1. The predicted molar refractivity (Wildman–Crippen MR) is 114 cm³/mol. The Bertz CT molecular complexity index is 1060. The molecule has 0 saturated carbocycles. The fraction of sp³-hybridized carbons (Fsp3) is 0.476. The van der Waals surface area contributed by atoms with Crippen molar-refractivity contribution in [3.63, 3.8) is 0 Å². The third-order valence-corrected chi connectivity index (χ3v) is 6.82. The summed E-state index contributed by atoms with van der Waals surface area (Å²) in [5, 5.41) is 4.35. The summed E-state index contributed by atoms with van der Waals surface area (Å²) in [5.41, 5.74) is 0.964. The van der Waals surface area contributed by atoms with Crippen LogP contribution in [0.25, 0.3) is 11.3 Å². The minimum absolute atomic E-state index is 0.0281. The van der Waals surface area contributed by atoms with Crippen LogP contribution in [0.2, 0.25) is 0 Å². The quantitative estimate of drug-likeness (QED) is 0.658. The van der Waals surface area contributed by atoms with Crippen molar-refractivity contribution in [1.29, 1.82) is 0 Å². The van der Waals surface area contributed by atoms with E-state index in [9.17, 15) is 18.0 Å². The lowest BCUT2D eigenvalue weighted by Crippen LogP contribution is -2.46. The van der Waals surface area contributed by atoms with Crippen LogP contribution in [0.4, 0.5) is 0 Å². The maximum absolute atomic E-state index is 13.0. The van der Waals surface area contributed by atoms with Gasteiger partial charge in [-0.3, -0.25) is 9.59 Å². The van der Waals surface area contributed by atoms with E-state index in [0.29, 0.717) is 24.4 Å². The Morgan fingerprint density at radius 3 is 2.50 bits per heavy atom. The van der Waals surface area contributed by atoms with Crippen LogP contribution in [-0.2, 0) is 21.2 Å². The average molecular weight is 434 g/mol. The van der Waals surface area contributed by atoms with Crippen molar-refractivity contribution in [2.75, 3.05) is 25.2 Å². The monoisotopic (exact) mass is 433 g/mol. The van der Waals surface area contributed by atoms with Gasteiger partial charge < -0.3 is 9.64 Å². The first-order valence-electron chi connectivity index (χ1n) is 9.91. The summed E-state index contributed by atoms with van der Waals surface area (Å²) in [6.07, 6.45) is 0.426. The number of rotatable bonds is 7. The molecule has 0 spiro atoms. The van der Waals surface area contributed by atoms with Gasteiger partial charge in [-0.05, 0) is 42.7 Å². The van der Waals surface area contributed by atoms with Gasteiger partial charge in [0.05, 0.1) is 24.3 Å². The maximum atomic E-state index is 13.0. The zero-order chi connectivity index (χ0) is 21.9. The molecule has 1 aromatic carbocycles. The Kier molecular flexibility index (Phi) is 6.60. The van der Waals surface area contributed by atoms with Gasteiger partial charge in [0.2, 0.25) is 5.91 Å². The van der Waals surface area contributed by atoms with Gasteiger partial charge in [-0.15, -0.1) is 0 Å². The average Bonchev–Trinajstić information content (AvgIpc) is 3.07. The van der Waals surface area contributed by atoms with E-state index in [4.69, 9.17) is 4.74 Å². The lowest BCUT2D eigenvalue weighted by Gasteiger charge is -2.30. The van der Waals surface area contributed by atoms with Gasteiger partial charge in [-0.1, -0.05) is 13.8 Å². The smallest absolute Gasteiger partial charge is 0.267 e. The summed E-state index contributed by atoms with van der Waals surface area (Å²) in [4.78, 5) is 27.0. The first kappa shape index (κ1) is 22.0. The number of amides is 1. The molecule has 1 atom stereocenters. The molecule has 0 N–H and O–H groups in total. The molecule has 1 aromatic heterocycles. The number of carbonyl (C=O) groups is 1. The molecule has 1 fully saturated rings. The third kappa shape index (κ3) is 5.27. The van der Waals surface area contributed by atoms with Crippen LogP contribution in [-0.4, -0.2) is 60.2 Å². The highest BCUT2D eigenvalue weighted by molar-refractivity contribution is 7.91. The molecule has 9 heteroatoms. The van der Waals surface area contributed by atoms with Crippen LogP contribution in [0.15, 0.2) is 41.2 Å². The van der Waals surface area contributed by atoms with E-state index < -0.39 is 9.84 Å². The summed E-state index contributed by atoms with van der Waals surface area (Å²) in [6.45, 7) is 4.15. The summed E-state index contributed by atoms with van der Waals surface area (Å²) in [5.74, 6) is 0.641. The summed E-state index contributed by atoms with van der Waals surface area (Å²) in [6, 6.07) is 9.88. The normalized spacial score (nSPS) is 17.8. The number of benzene rings is 1. The number of nitrogens with zero attached hydrogens (tertiary/aromatic N) is 3. The minimum Gasteiger partial charge on any atom is -0.497 e. The highest BCUT2D eigenvalue weighted by atomic mass is 32.2. The highest BCUT2D eigenvalue weighted by Crippen LogP contribution is 2.21. The lowest BCUT2D eigenvalue weighted by atomic mass is 10.1. The first-order chi connectivity index (χ1) is 14.2. The van der Waals surface area contributed by atoms with Gasteiger partial charge in [0.15, 0.2) is 9.84 Å². The molecule has 2 aromatic rings. The summed E-state index contributed by atoms with van der Waals surface area (Å²) in [7, 11) is -1.55. The first-order valence-corrected chi connectivity index (χ1v) is 11.7. The predicted octanol–water partition coefficient (Wildman–Crippen LogP) is 1.59. The largest absolute Gasteiger partial charge is 0.497 e. The van der Waals surface area contributed by atoms with E-state index in [2.05, 4.69) is 5.10 Å². The van der Waals surface area contributed by atoms with E-state index in [0.717, 1.165) is 10.2 Å². The number of sulfone groups is 1. The summed E-state index contributed by atoms with van der Waals surface area (Å²) >= 11 is 0. The molecule has 0 radical (unpaired) electrons. The van der Waals surface area contributed by atoms with Crippen molar-refractivity contribution in [2.24, 2.45) is 5.92 Å². The van der Waals surface area contributed by atoms with Crippen LogP contribution in [0.3, 0.4) is 0 Å². The second-order valence-electron chi connectivity index (χ2n) is 7.94. The van der Waals surface area contributed by atoms with Crippen LogP contribution >= 0.6 is 0 Å². The van der Waals surface area contributed by atoms with E-state index in [1.54, 1.807) is 30.2 Å². The third-order valence-electron chi connectivity index (χ3n) is 5.07. The number of methoxy groups -OCH3 is 1. The van der Waals surface area contributed by atoms with E-state index in [1.165, 1.54) is 6.07 Å². The van der Waals surface area contributed by atoms with Crippen LogP contribution in [0.1, 0.15) is 20.3 Å². The van der Waals surface area contributed by atoms with Crippen LogP contribution in [0, 0.1) is 5.92 Å². The fourth-order valence-electron chi connectivity index (χ4n) is 3.57. The molecule has 3 rings (SSSR count). The molecule has 0 aliphatic carbocycles. The van der Waals surface area contributed by atoms with E-state index in [-0.39, 0.29) is 41.5 Å². The second-order valence-corrected chi connectivity index (χ2v) is 10.2.